The molecule has 1 unspecified atom stereocenters. The lowest BCUT2D eigenvalue weighted by molar-refractivity contribution is -0.118. The van der Waals surface area contributed by atoms with Crippen molar-refractivity contribution in [3.8, 4) is 17.0 Å². The summed E-state index contributed by atoms with van der Waals surface area (Å²) in [5.41, 5.74) is 1.51. The minimum atomic E-state index is -2.85. The molecule has 1 aromatic carbocycles. The van der Waals surface area contributed by atoms with Crippen molar-refractivity contribution in [1.82, 2.24) is 10.3 Å². The van der Waals surface area contributed by atoms with Crippen LogP contribution in [0.1, 0.15) is 24.1 Å². The predicted molar refractivity (Wildman–Crippen MR) is 93.2 cm³/mol. The Morgan fingerprint density at radius 2 is 2.12 bits per heavy atom. The lowest BCUT2D eigenvalue weighted by Crippen LogP contribution is -2.43. The maximum absolute atomic E-state index is 12.3. The average molecular weight is 367 g/mol. The van der Waals surface area contributed by atoms with Crippen LogP contribution in [0.15, 0.2) is 24.3 Å². The molecule has 1 atom stereocenters. The number of piperidine rings is 1. The number of halogens is 2. The maximum atomic E-state index is 12.3. The number of carbonyl (C=O) groups is 1. The third kappa shape index (κ3) is 4.52. The van der Waals surface area contributed by atoms with Gasteiger partial charge in [0.15, 0.2) is 5.13 Å². The van der Waals surface area contributed by atoms with Gasteiger partial charge in [-0.3, -0.25) is 4.79 Å². The number of benzene rings is 1. The van der Waals surface area contributed by atoms with E-state index in [-0.39, 0.29) is 17.7 Å². The van der Waals surface area contributed by atoms with E-state index in [9.17, 15) is 13.6 Å². The second kappa shape index (κ2) is 7.88. The Morgan fingerprint density at radius 1 is 1.36 bits per heavy atom. The number of anilines is 1. The van der Waals surface area contributed by atoms with E-state index in [0.29, 0.717) is 5.13 Å². The Bertz CT molecular complexity index is 728. The van der Waals surface area contributed by atoms with Crippen molar-refractivity contribution in [1.29, 1.82) is 0 Å². The molecule has 1 aliphatic rings. The number of nitrogens with one attached hydrogen (secondary N) is 2. The number of carbonyl (C=O) groups excluding carboxylic acids is 1. The maximum Gasteiger partial charge on any atom is 0.387 e. The van der Waals surface area contributed by atoms with Crippen LogP contribution in [0.2, 0.25) is 0 Å². The third-order valence-electron chi connectivity index (χ3n) is 4.01. The molecule has 0 aliphatic carbocycles. The molecule has 0 spiro atoms. The van der Waals surface area contributed by atoms with Gasteiger partial charge >= 0.3 is 6.61 Å². The van der Waals surface area contributed by atoms with Crippen LogP contribution in [0.25, 0.3) is 11.3 Å². The van der Waals surface area contributed by atoms with Gasteiger partial charge in [-0.25, -0.2) is 4.98 Å². The first kappa shape index (κ1) is 17.8. The number of amides is 1. The quantitative estimate of drug-likeness (QED) is 0.844. The fourth-order valence-electron chi connectivity index (χ4n) is 2.78. The molecule has 134 valence electrons. The topological polar surface area (TPSA) is 63.2 Å². The summed E-state index contributed by atoms with van der Waals surface area (Å²) in [5.74, 6) is 0.0317. The van der Waals surface area contributed by atoms with E-state index >= 15 is 0 Å². The average Bonchev–Trinajstić information content (AvgIpc) is 2.96. The van der Waals surface area contributed by atoms with Gasteiger partial charge in [0.25, 0.3) is 0 Å². The zero-order valence-corrected chi connectivity index (χ0v) is 14.5. The number of aryl methyl sites for hydroxylation is 1. The molecule has 1 amide bonds. The number of hydrogen-bond acceptors (Lipinski definition) is 5. The van der Waals surface area contributed by atoms with Crippen molar-refractivity contribution in [3.63, 3.8) is 0 Å². The first-order chi connectivity index (χ1) is 12.0. The molecule has 5 nitrogen and oxygen atoms in total. The van der Waals surface area contributed by atoms with E-state index in [1.54, 1.807) is 12.1 Å². The van der Waals surface area contributed by atoms with Crippen LogP contribution in [-0.4, -0.2) is 30.1 Å². The van der Waals surface area contributed by atoms with Crippen LogP contribution >= 0.6 is 11.3 Å². The molecular weight excluding hydrogens is 348 g/mol. The molecule has 1 aliphatic heterocycles. The minimum Gasteiger partial charge on any atom is -0.435 e. The molecular formula is C17H19F2N3O2S. The molecule has 1 saturated heterocycles. The number of aromatic nitrogens is 1. The summed E-state index contributed by atoms with van der Waals surface area (Å²) < 4.78 is 28.8. The van der Waals surface area contributed by atoms with Crippen LogP contribution in [-0.2, 0) is 4.79 Å². The first-order valence-electron chi connectivity index (χ1n) is 8.10. The zero-order valence-electron chi connectivity index (χ0n) is 13.7. The molecule has 2 aromatic rings. The third-order valence-corrected chi connectivity index (χ3v) is 4.89. The van der Waals surface area contributed by atoms with Crippen LogP contribution in [0, 0.1) is 6.92 Å². The molecule has 0 saturated carbocycles. The molecule has 3 rings (SSSR count). The molecule has 8 heteroatoms. The van der Waals surface area contributed by atoms with Crippen molar-refractivity contribution >= 4 is 22.4 Å². The fraction of sp³-hybridized carbons (Fsp3) is 0.412. The van der Waals surface area contributed by atoms with Crippen molar-refractivity contribution < 1.29 is 18.3 Å². The largest absolute Gasteiger partial charge is 0.435 e. The summed E-state index contributed by atoms with van der Waals surface area (Å²) >= 11 is 1.39. The van der Waals surface area contributed by atoms with E-state index in [4.69, 9.17) is 0 Å². The van der Waals surface area contributed by atoms with Crippen LogP contribution in [0.4, 0.5) is 13.9 Å². The summed E-state index contributed by atoms with van der Waals surface area (Å²) in [6, 6.07) is 6.13. The highest BCUT2D eigenvalue weighted by molar-refractivity contribution is 7.16. The Morgan fingerprint density at radius 3 is 2.76 bits per heavy atom. The van der Waals surface area contributed by atoms with Gasteiger partial charge < -0.3 is 15.4 Å². The second-order valence-corrected chi connectivity index (χ2v) is 7.02. The summed E-state index contributed by atoms with van der Waals surface area (Å²) in [6.45, 7) is -0.0830. The Kier molecular flexibility index (Phi) is 5.60. The molecule has 2 N–H and O–H groups in total. The van der Waals surface area contributed by atoms with E-state index in [2.05, 4.69) is 20.4 Å². The lowest BCUT2D eigenvalue weighted by Gasteiger charge is -2.21. The van der Waals surface area contributed by atoms with Gasteiger partial charge in [-0.2, -0.15) is 8.78 Å². The summed E-state index contributed by atoms with van der Waals surface area (Å²) in [6.07, 6.45) is 2.96. The van der Waals surface area contributed by atoms with Gasteiger partial charge in [0, 0.05) is 10.4 Å². The molecule has 25 heavy (non-hydrogen) atoms. The van der Waals surface area contributed by atoms with E-state index < -0.39 is 6.61 Å². The van der Waals surface area contributed by atoms with E-state index in [1.807, 2.05) is 6.92 Å². The number of hydrogen-bond donors (Lipinski definition) is 2. The Labute approximate surface area is 148 Å². The summed E-state index contributed by atoms with van der Waals surface area (Å²) in [5, 5.41) is 6.61. The predicted octanol–water partition coefficient (Wildman–Crippen LogP) is 3.80. The minimum absolute atomic E-state index is 0.0688. The van der Waals surface area contributed by atoms with Gasteiger partial charge in [0.2, 0.25) is 5.91 Å². The lowest BCUT2D eigenvalue weighted by atomic mass is 10.0. The van der Waals surface area contributed by atoms with Crippen molar-refractivity contribution in [2.24, 2.45) is 0 Å². The van der Waals surface area contributed by atoms with Gasteiger partial charge in [-0.1, -0.05) is 6.42 Å². The van der Waals surface area contributed by atoms with Crippen molar-refractivity contribution in [2.45, 2.75) is 38.8 Å². The first-order valence-corrected chi connectivity index (χ1v) is 8.91. The summed E-state index contributed by atoms with van der Waals surface area (Å²) in [7, 11) is 0. The summed E-state index contributed by atoms with van der Waals surface area (Å²) in [4.78, 5) is 17.7. The van der Waals surface area contributed by atoms with Gasteiger partial charge in [0.05, 0.1) is 11.7 Å². The van der Waals surface area contributed by atoms with Crippen LogP contribution in [0.3, 0.4) is 0 Å². The van der Waals surface area contributed by atoms with Gasteiger partial charge in [0.1, 0.15) is 5.75 Å². The van der Waals surface area contributed by atoms with E-state index in [1.165, 1.54) is 23.5 Å². The second-order valence-electron chi connectivity index (χ2n) is 5.82. The van der Waals surface area contributed by atoms with Crippen molar-refractivity contribution in [3.05, 3.63) is 29.1 Å². The molecule has 2 heterocycles. The highest BCUT2D eigenvalue weighted by Crippen LogP contribution is 2.31. The Hall–Kier alpha value is -2.06. The SMILES string of the molecule is Cc1sc(NC(=O)C2CCCCN2)nc1-c1ccc(OC(F)F)cc1. The fourth-order valence-corrected chi connectivity index (χ4v) is 3.62. The Balaban J connectivity index is 1.70. The number of nitrogens with zero attached hydrogens (tertiary/aromatic N) is 1. The van der Waals surface area contributed by atoms with Crippen molar-refractivity contribution in [2.75, 3.05) is 11.9 Å². The normalized spacial score (nSPS) is 17.5. The van der Waals surface area contributed by atoms with Gasteiger partial charge in [-0.05, 0) is 50.6 Å². The number of thiazole rings is 1. The number of ether oxygens (including phenoxy) is 1. The van der Waals surface area contributed by atoms with E-state index in [0.717, 1.165) is 41.9 Å². The number of rotatable bonds is 5. The number of alkyl halides is 2. The molecule has 1 aromatic heterocycles. The highest BCUT2D eigenvalue weighted by atomic mass is 32.1. The van der Waals surface area contributed by atoms with Gasteiger partial charge in [-0.15, -0.1) is 11.3 Å². The molecule has 0 bridgehead atoms. The zero-order chi connectivity index (χ0) is 17.8. The molecule has 1 fully saturated rings. The van der Waals surface area contributed by atoms with Crippen LogP contribution < -0.4 is 15.4 Å². The standard InChI is InChI=1S/C17H19F2N3O2S/c1-10-14(11-5-7-12(8-6-11)24-16(18)19)21-17(25-10)22-15(23)13-4-2-3-9-20-13/h5-8,13,16,20H,2-4,9H2,1H3,(H,21,22,23). The molecule has 0 radical (unpaired) electrons. The highest BCUT2D eigenvalue weighted by Gasteiger charge is 2.22. The van der Waals surface area contributed by atoms with Crippen LogP contribution in [0.5, 0.6) is 5.75 Å². The smallest absolute Gasteiger partial charge is 0.387 e. The monoisotopic (exact) mass is 367 g/mol.